The van der Waals surface area contributed by atoms with Gasteiger partial charge in [0.25, 0.3) is 0 Å². The van der Waals surface area contributed by atoms with Gasteiger partial charge < -0.3 is 9.73 Å². The minimum Gasteiger partial charge on any atom is -0.439 e. The molecule has 0 aliphatic carbocycles. The summed E-state index contributed by atoms with van der Waals surface area (Å²) in [6.07, 6.45) is 2.87. The van der Waals surface area contributed by atoms with Crippen molar-refractivity contribution in [2.24, 2.45) is 0 Å². The molecule has 0 saturated carbocycles. The second-order valence-electron chi connectivity index (χ2n) is 5.71. The van der Waals surface area contributed by atoms with E-state index in [9.17, 15) is 8.42 Å². The van der Waals surface area contributed by atoms with Crippen LogP contribution in [-0.4, -0.2) is 19.7 Å². The monoisotopic (exact) mass is 376 g/mol. The fourth-order valence-corrected chi connectivity index (χ4v) is 3.35. The van der Waals surface area contributed by atoms with Crippen molar-refractivity contribution in [1.29, 1.82) is 0 Å². The Kier molecular flexibility index (Phi) is 5.11. The van der Waals surface area contributed by atoms with Crippen molar-refractivity contribution in [3.05, 3.63) is 71.2 Å². The van der Waals surface area contributed by atoms with Gasteiger partial charge in [0.1, 0.15) is 0 Å². The molecule has 3 aromatic rings. The Bertz CT molecular complexity index is 966. The van der Waals surface area contributed by atoms with Crippen molar-refractivity contribution in [3.8, 4) is 11.3 Å². The first-order chi connectivity index (χ1) is 11.9. The van der Waals surface area contributed by atoms with Gasteiger partial charge >= 0.3 is 0 Å². The summed E-state index contributed by atoms with van der Waals surface area (Å²) in [6, 6.07) is 14.6. The highest BCUT2D eigenvalue weighted by Crippen LogP contribution is 2.23. The third-order valence-electron chi connectivity index (χ3n) is 3.55. The lowest BCUT2D eigenvalue weighted by atomic mass is 10.2. The first-order valence-electron chi connectivity index (χ1n) is 7.61. The number of rotatable bonds is 6. The van der Waals surface area contributed by atoms with Crippen LogP contribution in [-0.2, 0) is 22.1 Å². The number of oxazole rings is 1. The molecule has 0 atom stereocenters. The Morgan fingerprint density at radius 1 is 1.12 bits per heavy atom. The van der Waals surface area contributed by atoms with Crippen molar-refractivity contribution in [1.82, 2.24) is 4.98 Å². The van der Waals surface area contributed by atoms with E-state index >= 15 is 0 Å². The van der Waals surface area contributed by atoms with Gasteiger partial charge in [-0.15, -0.1) is 0 Å². The van der Waals surface area contributed by atoms with Crippen molar-refractivity contribution in [2.45, 2.75) is 12.3 Å². The predicted molar refractivity (Wildman–Crippen MR) is 99.3 cm³/mol. The zero-order valence-electron chi connectivity index (χ0n) is 13.6. The van der Waals surface area contributed by atoms with Crippen LogP contribution in [0.1, 0.15) is 11.5 Å². The molecule has 0 fully saturated rings. The highest BCUT2D eigenvalue weighted by atomic mass is 35.5. The molecule has 0 unspecified atom stereocenters. The Morgan fingerprint density at radius 3 is 2.56 bits per heavy atom. The summed E-state index contributed by atoms with van der Waals surface area (Å²) in [5.41, 5.74) is 2.36. The van der Waals surface area contributed by atoms with Gasteiger partial charge in [0.15, 0.2) is 15.6 Å². The van der Waals surface area contributed by atoms with Gasteiger partial charge in [0.2, 0.25) is 5.89 Å². The molecule has 7 heteroatoms. The Balaban J connectivity index is 1.72. The van der Waals surface area contributed by atoms with Gasteiger partial charge in [-0.1, -0.05) is 29.8 Å². The Hall–Kier alpha value is -2.31. The Labute approximate surface area is 151 Å². The van der Waals surface area contributed by atoms with Crippen LogP contribution in [0.2, 0.25) is 5.02 Å². The smallest absolute Gasteiger partial charge is 0.214 e. The maximum atomic E-state index is 11.5. The molecule has 0 amide bonds. The highest BCUT2D eigenvalue weighted by molar-refractivity contribution is 7.89. The van der Waals surface area contributed by atoms with Gasteiger partial charge in [-0.05, 0) is 35.9 Å². The molecule has 1 aromatic heterocycles. The topological polar surface area (TPSA) is 72.2 Å². The summed E-state index contributed by atoms with van der Waals surface area (Å²) >= 11 is 5.88. The van der Waals surface area contributed by atoms with Crippen molar-refractivity contribution in [2.75, 3.05) is 11.6 Å². The predicted octanol–water partition coefficient (Wildman–Crippen LogP) is 4.15. The highest BCUT2D eigenvalue weighted by Gasteiger charge is 2.10. The SMILES string of the molecule is CS(=O)(=O)Cc1ccccc1NCc1ncc(-c2ccc(Cl)cc2)o1. The average molecular weight is 377 g/mol. The van der Waals surface area contributed by atoms with E-state index in [1.165, 1.54) is 6.26 Å². The zero-order valence-corrected chi connectivity index (χ0v) is 15.1. The molecule has 25 heavy (non-hydrogen) atoms. The number of nitrogens with zero attached hydrogens (tertiary/aromatic N) is 1. The first-order valence-corrected chi connectivity index (χ1v) is 10.0. The standard InChI is InChI=1S/C18H17ClN2O3S/c1-25(22,23)12-14-4-2-3-5-16(14)20-11-18-21-10-17(24-18)13-6-8-15(19)9-7-13/h2-10,20H,11-12H2,1H3. The van der Waals surface area contributed by atoms with Crippen LogP contribution < -0.4 is 5.32 Å². The number of aromatic nitrogens is 1. The lowest BCUT2D eigenvalue weighted by molar-refractivity contribution is 0.516. The summed E-state index contributed by atoms with van der Waals surface area (Å²) in [6.45, 7) is 0.356. The quantitative estimate of drug-likeness (QED) is 0.699. The maximum Gasteiger partial charge on any atom is 0.214 e. The number of nitrogens with one attached hydrogen (secondary N) is 1. The van der Waals surface area contributed by atoms with Gasteiger partial charge in [-0.25, -0.2) is 13.4 Å². The van der Waals surface area contributed by atoms with Gasteiger partial charge in [-0.3, -0.25) is 0 Å². The number of para-hydroxylation sites is 1. The molecule has 1 N–H and O–H groups in total. The van der Waals surface area contributed by atoms with Crippen LogP contribution in [0, 0.1) is 0 Å². The molecule has 5 nitrogen and oxygen atoms in total. The van der Waals surface area contributed by atoms with E-state index in [0.29, 0.717) is 23.2 Å². The molecule has 0 saturated heterocycles. The van der Waals surface area contributed by atoms with Crippen molar-refractivity contribution in [3.63, 3.8) is 0 Å². The Morgan fingerprint density at radius 2 is 1.84 bits per heavy atom. The van der Waals surface area contributed by atoms with E-state index in [-0.39, 0.29) is 5.75 Å². The van der Waals surface area contributed by atoms with Gasteiger partial charge in [0, 0.05) is 22.5 Å². The number of hydrogen-bond donors (Lipinski definition) is 1. The third-order valence-corrected chi connectivity index (χ3v) is 4.63. The van der Waals surface area contributed by atoms with E-state index in [1.54, 1.807) is 24.4 Å². The van der Waals surface area contributed by atoms with E-state index in [1.807, 2.05) is 30.3 Å². The normalized spacial score (nSPS) is 11.4. The fourth-order valence-electron chi connectivity index (χ4n) is 2.41. The third kappa shape index (κ3) is 4.84. The molecular weight excluding hydrogens is 360 g/mol. The van der Waals surface area contributed by atoms with Crippen LogP contribution in [0.15, 0.2) is 59.1 Å². The fraction of sp³-hybridized carbons (Fsp3) is 0.167. The molecule has 0 bridgehead atoms. The minimum atomic E-state index is -3.11. The van der Waals surface area contributed by atoms with Crippen LogP contribution in [0.4, 0.5) is 5.69 Å². The molecule has 0 spiro atoms. The number of benzene rings is 2. The summed E-state index contributed by atoms with van der Waals surface area (Å²) in [5, 5.41) is 3.84. The molecule has 3 rings (SSSR count). The summed E-state index contributed by atoms with van der Waals surface area (Å²) < 4.78 is 28.8. The second-order valence-corrected chi connectivity index (χ2v) is 8.28. The molecule has 0 aliphatic heterocycles. The van der Waals surface area contributed by atoms with E-state index in [0.717, 1.165) is 16.8 Å². The molecular formula is C18H17ClN2O3S. The van der Waals surface area contributed by atoms with E-state index in [4.69, 9.17) is 16.0 Å². The molecule has 0 aliphatic rings. The number of hydrogen-bond acceptors (Lipinski definition) is 5. The number of halogens is 1. The summed E-state index contributed by atoms with van der Waals surface area (Å²) in [7, 11) is -3.11. The van der Waals surface area contributed by atoms with Crippen LogP contribution in [0.5, 0.6) is 0 Å². The molecule has 1 heterocycles. The van der Waals surface area contributed by atoms with Gasteiger partial charge in [-0.2, -0.15) is 0 Å². The maximum absolute atomic E-state index is 11.5. The number of sulfone groups is 1. The minimum absolute atomic E-state index is 0.0161. The van der Waals surface area contributed by atoms with E-state index < -0.39 is 9.84 Å². The van der Waals surface area contributed by atoms with Crippen molar-refractivity contribution < 1.29 is 12.8 Å². The van der Waals surface area contributed by atoms with Crippen LogP contribution >= 0.6 is 11.6 Å². The van der Waals surface area contributed by atoms with Crippen LogP contribution in [0.3, 0.4) is 0 Å². The van der Waals surface area contributed by atoms with Gasteiger partial charge in [0.05, 0.1) is 18.5 Å². The lowest BCUT2D eigenvalue weighted by Gasteiger charge is -2.09. The van der Waals surface area contributed by atoms with Crippen LogP contribution in [0.25, 0.3) is 11.3 Å². The zero-order chi connectivity index (χ0) is 17.9. The molecule has 0 radical (unpaired) electrons. The number of anilines is 1. The van der Waals surface area contributed by atoms with Crippen molar-refractivity contribution >= 4 is 27.1 Å². The molecule has 2 aromatic carbocycles. The van der Waals surface area contributed by atoms with E-state index in [2.05, 4.69) is 10.3 Å². The lowest BCUT2D eigenvalue weighted by Crippen LogP contribution is -2.06. The largest absolute Gasteiger partial charge is 0.439 e. The average Bonchev–Trinajstić information content (AvgIpc) is 3.02. The molecule has 130 valence electrons. The summed E-state index contributed by atoms with van der Waals surface area (Å²) in [4.78, 5) is 4.25. The first kappa shape index (κ1) is 17.5. The second kappa shape index (κ2) is 7.29. The summed E-state index contributed by atoms with van der Waals surface area (Å²) in [5.74, 6) is 1.15.